The first-order chi connectivity index (χ1) is 14.2. The van der Waals surface area contributed by atoms with Crippen molar-refractivity contribution in [2.24, 2.45) is 5.92 Å². The van der Waals surface area contributed by atoms with E-state index >= 15 is 0 Å². The van der Waals surface area contributed by atoms with Crippen LogP contribution in [0.4, 0.5) is 0 Å². The molecule has 4 heterocycles. The Morgan fingerprint density at radius 3 is 2.83 bits per heavy atom. The normalized spacial score (nSPS) is 14.0. The molecule has 0 saturated carbocycles. The van der Waals surface area contributed by atoms with E-state index in [9.17, 15) is 4.79 Å². The first-order valence-corrected chi connectivity index (χ1v) is 9.47. The zero-order valence-electron chi connectivity index (χ0n) is 15.8. The maximum absolute atomic E-state index is 12.1. The summed E-state index contributed by atoms with van der Waals surface area (Å²) < 4.78 is 5.49. The SMILES string of the molecule is Cc1cccc(-c2[nH]cnc2-c2ccc3ncc(OC(=O)C4CNC4)cc3c2)n1. The third-order valence-electron chi connectivity index (χ3n) is 5.05. The number of carbonyl (C=O) groups excluding carboxylic acids is 1. The van der Waals surface area contributed by atoms with Gasteiger partial charge in [0.05, 0.1) is 41.0 Å². The Bertz CT molecular complexity index is 1210. The number of rotatable bonds is 4. The van der Waals surface area contributed by atoms with Crippen molar-refractivity contribution in [1.29, 1.82) is 0 Å². The van der Waals surface area contributed by atoms with E-state index in [0.29, 0.717) is 18.8 Å². The van der Waals surface area contributed by atoms with Gasteiger partial charge in [0.2, 0.25) is 0 Å². The van der Waals surface area contributed by atoms with Crippen LogP contribution in [0.5, 0.6) is 5.75 Å². The number of fused-ring (bicyclic) bond motifs is 1. The molecule has 1 fully saturated rings. The number of nitrogens with one attached hydrogen (secondary N) is 2. The lowest BCUT2D eigenvalue weighted by molar-refractivity contribution is -0.140. The van der Waals surface area contributed by atoms with E-state index in [-0.39, 0.29) is 11.9 Å². The number of esters is 1. The van der Waals surface area contributed by atoms with Crippen LogP contribution in [0.25, 0.3) is 33.5 Å². The lowest BCUT2D eigenvalue weighted by Crippen LogP contribution is -2.48. The van der Waals surface area contributed by atoms with Gasteiger partial charge in [-0.3, -0.25) is 14.8 Å². The van der Waals surface area contributed by atoms with Crippen molar-refractivity contribution in [2.45, 2.75) is 6.92 Å². The van der Waals surface area contributed by atoms with Crippen LogP contribution in [0.15, 0.2) is 55.0 Å². The number of imidazole rings is 1. The standard InChI is InChI=1S/C22H19N5O2/c1-13-3-2-4-19(27-13)21-20(25-12-26-21)14-5-6-18-15(7-14)8-17(11-24-18)29-22(28)16-9-23-10-16/h2-8,11-12,16,23H,9-10H2,1H3,(H,25,26). The molecule has 5 rings (SSSR count). The van der Waals surface area contributed by atoms with E-state index in [2.05, 4.69) is 25.3 Å². The second-order valence-corrected chi connectivity index (χ2v) is 7.15. The average molecular weight is 385 g/mol. The summed E-state index contributed by atoms with van der Waals surface area (Å²) in [6.07, 6.45) is 3.25. The van der Waals surface area contributed by atoms with Crippen LogP contribution in [0.1, 0.15) is 5.69 Å². The summed E-state index contributed by atoms with van der Waals surface area (Å²) in [6.45, 7) is 3.29. The Hall–Kier alpha value is -3.58. The fraction of sp³-hybridized carbons (Fsp3) is 0.182. The number of aromatic nitrogens is 4. The van der Waals surface area contributed by atoms with Gasteiger partial charge in [-0.25, -0.2) is 4.98 Å². The number of ether oxygens (including phenoxy) is 1. The van der Waals surface area contributed by atoms with Crippen molar-refractivity contribution < 1.29 is 9.53 Å². The van der Waals surface area contributed by atoms with Crippen LogP contribution in [0, 0.1) is 12.8 Å². The number of pyridine rings is 2. The summed E-state index contributed by atoms with van der Waals surface area (Å²) in [5, 5.41) is 3.95. The molecule has 0 amide bonds. The number of H-pyrrole nitrogens is 1. The van der Waals surface area contributed by atoms with Gasteiger partial charge in [0.1, 0.15) is 5.75 Å². The molecule has 2 N–H and O–H groups in total. The number of hydrogen-bond acceptors (Lipinski definition) is 6. The Morgan fingerprint density at radius 2 is 2.03 bits per heavy atom. The third kappa shape index (κ3) is 3.36. The zero-order chi connectivity index (χ0) is 19.8. The van der Waals surface area contributed by atoms with Crippen LogP contribution < -0.4 is 10.1 Å². The maximum atomic E-state index is 12.1. The molecule has 0 radical (unpaired) electrons. The van der Waals surface area contributed by atoms with Crippen LogP contribution in [0.2, 0.25) is 0 Å². The van der Waals surface area contributed by atoms with Crippen LogP contribution in [0.3, 0.4) is 0 Å². The molecule has 0 aliphatic carbocycles. The zero-order valence-corrected chi connectivity index (χ0v) is 15.8. The van der Waals surface area contributed by atoms with E-state index in [1.165, 1.54) is 0 Å². The summed E-state index contributed by atoms with van der Waals surface area (Å²) in [5.41, 5.74) is 5.22. The highest BCUT2D eigenvalue weighted by atomic mass is 16.5. The molecule has 3 aromatic heterocycles. The second kappa shape index (κ2) is 7.10. The Balaban J connectivity index is 1.50. The van der Waals surface area contributed by atoms with Gasteiger partial charge < -0.3 is 15.0 Å². The van der Waals surface area contributed by atoms with Crippen LogP contribution >= 0.6 is 0 Å². The van der Waals surface area contributed by atoms with E-state index in [4.69, 9.17) is 4.74 Å². The van der Waals surface area contributed by atoms with E-state index in [0.717, 1.165) is 39.2 Å². The van der Waals surface area contributed by atoms with Crippen molar-refractivity contribution in [3.63, 3.8) is 0 Å². The summed E-state index contributed by atoms with van der Waals surface area (Å²) in [4.78, 5) is 28.8. The van der Waals surface area contributed by atoms with Crippen molar-refractivity contribution in [3.05, 3.63) is 60.7 Å². The minimum Gasteiger partial charge on any atom is -0.425 e. The molecule has 29 heavy (non-hydrogen) atoms. The van der Waals surface area contributed by atoms with Gasteiger partial charge in [-0.15, -0.1) is 0 Å². The maximum Gasteiger partial charge on any atom is 0.316 e. The van der Waals surface area contributed by atoms with Gasteiger partial charge >= 0.3 is 5.97 Å². The van der Waals surface area contributed by atoms with Gasteiger partial charge in [-0.1, -0.05) is 12.1 Å². The second-order valence-electron chi connectivity index (χ2n) is 7.15. The predicted octanol–water partition coefficient (Wildman–Crippen LogP) is 3.12. The lowest BCUT2D eigenvalue weighted by atomic mass is 10.0. The largest absolute Gasteiger partial charge is 0.425 e. The number of aromatic amines is 1. The van der Waals surface area contributed by atoms with E-state index < -0.39 is 0 Å². The van der Waals surface area contributed by atoms with Crippen molar-refractivity contribution in [1.82, 2.24) is 25.3 Å². The molecule has 0 atom stereocenters. The topological polar surface area (TPSA) is 92.8 Å². The van der Waals surface area contributed by atoms with E-state index in [1.807, 2.05) is 49.4 Å². The monoisotopic (exact) mass is 385 g/mol. The van der Waals surface area contributed by atoms with Crippen molar-refractivity contribution in [2.75, 3.05) is 13.1 Å². The molecule has 0 spiro atoms. The molecule has 7 nitrogen and oxygen atoms in total. The van der Waals surface area contributed by atoms with Gasteiger partial charge in [0, 0.05) is 29.7 Å². The van der Waals surface area contributed by atoms with Gasteiger partial charge in [0.25, 0.3) is 0 Å². The predicted molar refractivity (Wildman–Crippen MR) is 109 cm³/mol. The molecule has 144 valence electrons. The molecular weight excluding hydrogens is 366 g/mol. The molecule has 0 unspecified atom stereocenters. The summed E-state index contributed by atoms with van der Waals surface area (Å²) in [7, 11) is 0. The molecule has 1 aromatic carbocycles. The number of carbonyl (C=O) groups is 1. The third-order valence-corrected chi connectivity index (χ3v) is 5.05. The Labute approximate surface area is 167 Å². The highest BCUT2D eigenvalue weighted by Gasteiger charge is 2.26. The molecule has 1 aliphatic heterocycles. The number of benzene rings is 1. The number of hydrogen-bond donors (Lipinski definition) is 2. The minimum atomic E-state index is -0.221. The summed E-state index contributed by atoms with van der Waals surface area (Å²) in [5.74, 6) is 0.154. The molecule has 1 saturated heterocycles. The lowest BCUT2D eigenvalue weighted by Gasteiger charge is -2.24. The van der Waals surface area contributed by atoms with E-state index in [1.54, 1.807) is 12.5 Å². The first-order valence-electron chi connectivity index (χ1n) is 9.47. The van der Waals surface area contributed by atoms with Crippen molar-refractivity contribution in [3.8, 4) is 28.4 Å². The molecule has 7 heteroatoms. The Morgan fingerprint density at radius 1 is 1.14 bits per heavy atom. The minimum absolute atomic E-state index is 0.0783. The van der Waals surface area contributed by atoms with Crippen LogP contribution in [-0.2, 0) is 4.79 Å². The average Bonchev–Trinajstić information content (AvgIpc) is 3.16. The quantitative estimate of drug-likeness (QED) is 0.525. The smallest absolute Gasteiger partial charge is 0.316 e. The highest BCUT2D eigenvalue weighted by Crippen LogP contribution is 2.30. The molecule has 4 aromatic rings. The summed E-state index contributed by atoms with van der Waals surface area (Å²) in [6, 6.07) is 13.7. The van der Waals surface area contributed by atoms with Crippen molar-refractivity contribution >= 4 is 16.9 Å². The first kappa shape index (κ1) is 17.5. The highest BCUT2D eigenvalue weighted by molar-refractivity contribution is 5.88. The molecule has 0 bridgehead atoms. The summed E-state index contributed by atoms with van der Waals surface area (Å²) >= 11 is 0. The van der Waals surface area contributed by atoms with Gasteiger partial charge in [-0.05, 0) is 37.3 Å². The van der Waals surface area contributed by atoms with Gasteiger partial charge in [-0.2, -0.15) is 0 Å². The fourth-order valence-corrected chi connectivity index (χ4v) is 3.36. The van der Waals surface area contributed by atoms with Crippen LogP contribution in [-0.4, -0.2) is 39.0 Å². The number of nitrogens with zero attached hydrogens (tertiary/aromatic N) is 3. The van der Waals surface area contributed by atoms with Gasteiger partial charge in [0.15, 0.2) is 0 Å². The molecule has 1 aliphatic rings. The molecular formula is C22H19N5O2. The number of aryl methyl sites for hydroxylation is 1. The fourth-order valence-electron chi connectivity index (χ4n) is 3.36. The Kier molecular flexibility index (Phi) is 4.29.